The smallest absolute Gasteiger partial charge is 0.193 e. The van der Waals surface area contributed by atoms with E-state index in [0.717, 1.165) is 41.1 Å². The maximum atomic E-state index is 13.5. The molecule has 1 aromatic heterocycles. The van der Waals surface area contributed by atoms with Crippen molar-refractivity contribution in [3.8, 4) is 5.75 Å². The summed E-state index contributed by atoms with van der Waals surface area (Å²) in [5, 5.41) is 4.30. The molecule has 0 aliphatic heterocycles. The molecule has 7 heteroatoms. The molecule has 3 aromatic rings. The van der Waals surface area contributed by atoms with Crippen LogP contribution < -0.4 is 10.1 Å². The van der Waals surface area contributed by atoms with Crippen molar-refractivity contribution in [1.29, 1.82) is 0 Å². The summed E-state index contributed by atoms with van der Waals surface area (Å²) < 4.78 is 18.7. The number of aromatic amines is 1. The third-order valence-corrected chi connectivity index (χ3v) is 4.56. The topological polar surface area (TPSA) is 52.7 Å². The molecule has 0 aliphatic carbocycles. The number of fused-ring (bicyclic) bond motifs is 1. The Balaban J connectivity index is 0.00000280. The Kier molecular flexibility index (Phi) is 8.10. The number of nitrogens with one attached hydrogen (secondary N) is 2. The monoisotopic (exact) mass is 496 g/mol. The molecule has 0 bridgehead atoms. The number of guanidine groups is 1. The van der Waals surface area contributed by atoms with Crippen LogP contribution in [0, 0.1) is 5.82 Å². The molecular weight excluding hydrogens is 470 g/mol. The van der Waals surface area contributed by atoms with Crippen molar-refractivity contribution in [3.05, 3.63) is 65.6 Å². The van der Waals surface area contributed by atoms with Crippen molar-refractivity contribution >= 4 is 40.8 Å². The van der Waals surface area contributed by atoms with Gasteiger partial charge in [-0.2, -0.15) is 0 Å². The van der Waals surface area contributed by atoms with Gasteiger partial charge in [-0.25, -0.2) is 4.39 Å². The van der Waals surface area contributed by atoms with Gasteiger partial charge in [0.25, 0.3) is 0 Å². The number of hydrogen-bond acceptors (Lipinski definition) is 2. The number of halogens is 2. The lowest BCUT2D eigenvalue weighted by Gasteiger charge is -2.22. The van der Waals surface area contributed by atoms with E-state index in [1.165, 1.54) is 11.6 Å². The van der Waals surface area contributed by atoms with Crippen LogP contribution in [0.15, 0.2) is 53.7 Å². The van der Waals surface area contributed by atoms with Crippen LogP contribution in [0.25, 0.3) is 10.9 Å². The van der Waals surface area contributed by atoms with Crippen LogP contribution in [0.2, 0.25) is 0 Å². The number of ether oxygens (including phenoxy) is 1. The van der Waals surface area contributed by atoms with Crippen molar-refractivity contribution in [2.24, 2.45) is 4.99 Å². The first-order valence-corrected chi connectivity index (χ1v) is 8.91. The summed E-state index contributed by atoms with van der Waals surface area (Å²) in [6.45, 7) is 1.45. The minimum atomic E-state index is -0.216. The molecule has 2 N–H and O–H groups in total. The number of rotatable bonds is 6. The highest BCUT2D eigenvalue weighted by molar-refractivity contribution is 14.0. The Hall–Kier alpha value is -2.29. The molecule has 3 rings (SSSR count). The molecule has 28 heavy (non-hydrogen) atoms. The summed E-state index contributed by atoms with van der Waals surface area (Å²) in [6, 6.07) is 12.8. The van der Waals surface area contributed by atoms with E-state index in [0.29, 0.717) is 6.54 Å². The van der Waals surface area contributed by atoms with Gasteiger partial charge in [-0.05, 0) is 47.9 Å². The summed E-state index contributed by atoms with van der Waals surface area (Å²) >= 11 is 0. The molecule has 0 atom stereocenters. The second-order valence-electron chi connectivity index (χ2n) is 6.43. The zero-order valence-electron chi connectivity index (χ0n) is 16.3. The SMILES string of the molecule is CN=C(NCCc1c[nH]c2ccc(F)cc12)N(C)Cc1ccc(OC)cc1.I. The fraction of sp³-hybridized carbons (Fsp3) is 0.286. The van der Waals surface area contributed by atoms with Crippen molar-refractivity contribution < 1.29 is 9.13 Å². The van der Waals surface area contributed by atoms with E-state index in [1.807, 2.05) is 37.5 Å². The number of aliphatic imine (C=N–C) groups is 1. The van der Waals surface area contributed by atoms with Gasteiger partial charge in [-0.15, -0.1) is 24.0 Å². The Morgan fingerprint density at radius 1 is 1.21 bits per heavy atom. The van der Waals surface area contributed by atoms with Crippen molar-refractivity contribution in [2.45, 2.75) is 13.0 Å². The fourth-order valence-electron chi connectivity index (χ4n) is 3.13. The van der Waals surface area contributed by atoms with Crippen molar-refractivity contribution in [3.63, 3.8) is 0 Å². The number of H-pyrrole nitrogens is 1. The normalized spacial score (nSPS) is 11.2. The maximum Gasteiger partial charge on any atom is 0.193 e. The Morgan fingerprint density at radius 2 is 1.96 bits per heavy atom. The van der Waals surface area contributed by atoms with Gasteiger partial charge in [0.05, 0.1) is 7.11 Å². The van der Waals surface area contributed by atoms with Crippen LogP contribution in [0.4, 0.5) is 4.39 Å². The first-order chi connectivity index (χ1) is 13.1. The van der Waals surface area contributed by atoms with Crippen LogP contribution in [-0.4, -0.2) is 43.6 Å². The molecule has 2 aromatic carbocycles. The summed E-state index contributed by atoms with van der Waals surface area (Å²) in [7, 11) is 5.43. The van der Waals surface area contributed by atoms with Crippen LogP contribution in [-0.2, 0) is 13.0 Å². The van der Waals surface area contributed by atoms with E-state index in [1.54, 1.807) is 26.3 Å². The average Bonchev–Trinajstić information content (AvgIpc) is 3.08. The zero-order valence-corrected chi connectivity index (χ0v) is 18.7. The van der Waals surface area contributed by atoms with Gasteiger partial charge in [0.1, 0.15) is 11.6 Å². The van der Waals surface area contributed by atoms with Crippen LogP contribution in [0.3, 0.4) is 0 Å². The summed E-state index contributed by atoms with van der Waals surface area (Å²) in [5.74, 6) is 1.45. The number of hydrogen-bond donors (Lipinski definition) is 2. The lowest BCUT2D eigenvalue weighted by atomic mass is 10.1. The minimum Gasteiger partial charge on any atom is -0.497 e. The number of benzene rings is 2. The number of aromatic nitrogens is 1. The van der Waals surface area contributed by atoms with Gasteiger partial charge in [0.15, 0.2) is 5.96 Å². The summed E-state index contributed by atoms with van der Waals surface area (Å²) in [4.78, 5) is 9.61. The highest BCUT2D eigenvalue weighted by Gasteiger charge is 2.08. The van der Waals surface area contributed by atoms with E-state index >= 15 is 0 Å². The van der Waals surface area contributed by atoms with Crippen molar-refractivity contribution in [1.82, 2.24) is 15.2 Å². The molecule has 0 spiro atoms. The fourth-order valence-corrected chi connectivity index (χ4v) is 3.13. The van der Waals surface area contributed by atoms with Gasteiger partial charge < -0.3 is 19.9 Å². The molecule has 0 radical (unpaired) electrons. The van der Waals surface area contributed by atoms with E-state index in [-0.39, 0.29) is 29.8 Å². The van der Waals surface area contributed by atoms with E-state index in [4.69, 9.17) is 4.74 Å². The molecule has 0 amide bonds. The Bertz CT molecular complexity index is 924. The molecule has 5 nitrogen and oxygen atoms in total. The van der Waals surface area contributed by atoms with Crippen LogP contribution in [0.5, 0.6) is 5.75 Å². The standard InChI is InChI=1S/C21H25FN4O.HI/c1-23-21(26(2)14-15-4-7-18(27-3)8-5-15)24-11-10-16-13-25-20-9-6-17(22)12-19(16)20;/h4-9,12-13,25H,10-11,14H2,1-3H3,(H,23,24);1H. The molecule has 0 aliphatic rings. The van der Waals surface area contributed by atoms with E-state index in [2.05, 4.69) is 20.2 Å². The summed E-state index contributed by atoms with van der Waals surface area (Å²) in [5.41, 5.74) is 3.21. The van der Waals surface area contributed by atoms with Gasteiger partial charge >= 0.3 is 0 Å². The van der Waals surface area contributed by atoms with E-state index < -0.39 is 0 Å². The molecular formula is C21H26FIN4O. The molecule has 0 saturated heterocycles. The molecule has 1 heterocycles. The number of methoxy groups -OCH3 is 1. The largest absolute Gasteiger partial charge is 0.497 e. The van der Waals surface area contributed by atoms with Crippen LogP contribution in [0.1, 0.15) is 11.1 Å². The third kappa shape index (κ3) is 5.37. The molecule has 0 unspecified atom stereocenters. The van der Waals surface area contributed by atoms with E-state index in [9.17, 15) is 4.39 Å². The molecule has 150 valence electrons. The minimum absolute atomic E-state index is 0. The highest BCUT2D eigenvalue weighted by Crippen LogP contribution is 2.19. The Morgan fingerprint density at radius 3 is 2.64 bits per heavy atom. The first-order valence-electron chi connectivity index (χ1n) is 8.91. The summed E-state index contributed by atoms with van der Waals surface area (Å²) in [6.07, 6.45) is 2.72. The zero-order chi connectivity index (χ0) is 19.2. The quantitative estimate of drug-likeness (QED) is 0.306. The maximum absolute atomic E-state index is 13.5. The van der Waals surface area contributed by atoms with Gasteiger partial charge in [-0.1, -0.05) is 12.1 Å². The molecule has 0 saturated carbocycles. The van der Waals surface area contributed by atoms with Gasteiger partial charge in [0, 0.05) is 44.3 Å². The number of nitrogens with zero attached hydrogens (tertiary/aromatic N) is 2. The average molecular weight is 496 g/mol. The van der Waals surface area contributed by atoms with Crippen molar-refractivity contribution in [2.75, 3.05) is 27.7 Å². The highest BCUT2D eigenvalue weighted by atomic mass is 127. The van der Waals surface area contributed by atoms with Gasteiger partial charge in [0.2, 0.25) is 0 Å². The second-order valence-corrected chi connectivity index (χ2v) is 6.43. The lowest BCUT2D eigenvalue weighted by Crippen LogP contribution is -2.39. The third-order valence-electron chi connectivity index (χ3n) is 4.56. The van der Waals surface area contributed by atoms with Gasteiger partial charge in [-0.3, -0.25) is 4.99 Å². The second kappa shape index (κ2) is 10.3. The predicted octanol–water partition coefficient (Wildman–Crippen LogP) is 4.18. The Labute approximate surface area is 182 Å². The molecule has 0 fully saturated rings. The predicted molar refractivity (Wildman–Crippen MR) is 123 cm³/mol. The lowest BCUT2D eigenvalue weighted by molar-refractivity contribution is 0.414. The van der Waals surface area contributed by atoms with Crippen LogP contribution >= 0.6 is 24.0 Å². The first kappa shape index (κ1) is 22.0.